The molecule has 0 unspecified atom stereocenters. The van der Waals surface area contributed by atoms with Crippen molar-refractivity contribution < 1.29 is 13.2 Å². The third-order valence-electron chi connectivity index (χ3n) is 4.74. The van der Waals surface area contributed by atoms with Gasteiger partial charge < -0.3 is 5.73 Å². The Morgan fingerprint density at radius 1 is 1.00 bits per heavy atom. The van der Waals surface area contributed by atoms with Crippen LogP contribution in [0.5, 0.6) is 0 Å². The minimum Gasteiger partial charge on any atom is -0.397 e. The summed E-state index contributed by atoms with van der Waals surface area (Å²) in [5, 5.41) is 9.58. The Morgan fingerprint density at radius 3 is 2.23 bits per heavy atom. The zero-order valence-electron chi connectivity index (χ0n) is 15.6. The first kappa shape index (κ1) is 20.4. The summed E-state index contributed by atoms with van der Waals surface area (Å²) in [6.45, 7) is 0. The van der Waals surface area contributed by atoms with E-state index < -0.39 is 17.4 Å². The van der Waals surface area contributed by atoms with Gasteiger partial charge in [-0.1, -0.05) is 23.7 Å². The van der Waals surface area contributed by atoms with E-state index in [0.717, 1.165) is 10.6 Å². The van der Waals surface area contributed by atoms with Crippen LogP contribution < -0.4 is 11.3 Å². The molecule has 0 fully saturated rings. The molecular weight excluding hydrogens is 429 g/mol. The highest BCUT2D eigenvalue weighted by Crippen LogP contribution is 2.34. The van der Waals surface area contributed by atoms with Crippen molar-refractivity contribution in [1.29, 1.82) is 5.26 Å². The highest BCUT2D eigenvalue weighted by molar-refractivity contribution is 6.30. The van der Waals surface area contributed by atoms with Crippen LogP contribution in [0, 0.1) is 11.3 Å². The molecule has 2 heterocycles. The summed E-state index contributed by atoms with van der Waals surface area (Å²) in [5.74, 6) is 0. The topological polar surface area (TPSA) is 84.7 Å². The van der Waals surface area contributed by atoms with Crippen LogP contribution in [0.2, 0.25) is 5.02 Å². The molecule has 0 amide bonds. The van der Waals surface area contributed by atoms with Gasteiger partial charge in [0.15, 0.2) is 0 Å². The number of hydrogen-bond donors (Lipinski definition) is 1. The smallest absolute Gasteiger partial charge is 0.397 e. The average molecular weight is 441 g/mol. The van der Waals surface area contributed by atoms with Crippen molar-refractivity contribution in [2.75, 3.05) is 5.73 Å². The van der Waals surface area contributed by atoms with Crippen molar-refractivity contribution in [2.45, 2.75) is 6.18 Å². The lowest BCUT2D eigenvalue weighted by Crippen LogP contribution is -2.24. The van der Waals surface area contributed by atoms with Crippen LogP contribution in [0.1, 0.15) is 11.3 Å². The Kier molecular flexibility index (Phi) is 4.91. The number of nitriles is 1. The molecule has 0 bridgehead atoms. The van der Waals surface area contributed by atoms with Crippen LogP contribution in [0.15, 0.2) is 65.5 Å². The van der Waals surface area contributed by atoms with E-state index in [1.165, 1.54) is 42.5 Å². The van der Waals surface area contributed by atoms with Crippen LogP contribution in [-0.4, -0.2) is 9.55 Å². The molecule has 0 saturated heterocycles. The standard InChI is InChI=1S/C22H12ClF3N4O/c23-14-5-7-15(8-6-14)30-20-16(9-10-17(29-20)22(24,25)26)19(28)18(21(30)31)13-3-1-12(11-27)2-4-13/h1-10H,28H2. The second-order valence-corrected chi connectivity index (χ2v) is 7.10. The molecule has 0 spiro atoms. The fraction of sp³-hybridized carbons (Fsp3) is 0.0455. The maximum Gasteiger partial charge on any atom is 0.433 e. The number of hydrogen-bond acceptors (Lipinski definition) is 4. The zero-order valence-corrected chi connectivity index (χ0v) is 16.4. The van der Waals surface area contributed by atoms with Crippen LogP contribution in [-0.2, 0) is 6.18 Å². The SMILES string of the molecule is N#Cc1ccc(-c2c(N)c3ccc(C(F)(F)F)nc3n(-c3ccc(Cl)cc3)c2=O)cc1. The number of aromatic nitrogens is 2. The van der Waals surface area contributed by atoms with Gasteiger partial charge in [0.05, 0.1) is 28.6 Å². The monoisotopic (exact) mass is 440 g/mol. The maximum absolute atomic E-state index is 13.5. The molecule has 0 aliphatic heterocycles. The zero-order chi connectivity index (χ0) is 22.3. The molecule has 4 aromatic rings. The number of nitrogens with zero attached hydrogens (tertiary/aromatic N) is 3. The minimum absolute atomic E-state index is 0.00357. The third-order valence-corrected chi connectivity index (χ3v) is 4.99. The lowest BCUT2D eigenvalue weighted by Gasteiger charge is -2.17. The number of rotatable bonds is 2. The first-order valence-electron chi connectivity index (χ1n) is 8.89. The van der Waals surface area contributed by atoms with E-state index in [2.05, 4.69) is 4.98 Å². The van der Waals surface area contributed by atoms with Gasteiger partial charge in [0.25, 0.3) is 5.56 Å². The maximum atomic E-state index is 13.5. The molecule has 0 saturated carbocycles. The molecular formula is C22H12ClF3N4O. The van der Waals surface area contributed by atoms with Crippen molar-refractivity contribution in [3.8, 4) is 22.9 Å². The third kappa shape index (κ3) is 3.60. The summed E-state index contributed by atoms with van der Waals surface area (Å²) >= 11 is 5.93. The van der Waals surface area contributed by atoms with Gasteiger partial charge in [-0.15, -0.1) is 0 Å². The van der Waals surface area contributed by atoms with Gasteiger partial charge in [-0.2, -0.15) is 18.4 Å². The van der Waals surface area contributed by atoms with E-state index in [4.69, 9.17) is 22.6 Å². The quantitative estimate of drug-likeness (QED) is 0.465. The van der Waals surface area contributed by atoms with E-state index in [-0.39, 0.29) is 28.0 Å². The van der Waals surface area contributed by atoms with Gasteiger partial charge in [-0.25, -0.2) is 4.98 Å². The second-order valence-electron chi connectivity index (χ2n) is 6.66. The van der Waals surface area contributed by atoms with E-state index in [1.807, 2.05) is 6.07 Å². The van der Waals surface area contributed by atoms with E-state index >= 15 is 0 Å². The van der Waals surface area contributed by atoms with Gasteiger partial charge in [-0.05, 0) is 54.1 Å². The van der Waals surface area contributed by atoms with Gasteiger partial charge in [0.1, 0.15) is 11.3 Å². The van der Waals surface area contributed by atoms with E-state index in [1.54, 1.807) is 12.1 Å². The summed E-state index contributed by atoms with van der Waals surface area (Å²) < 4.78 is 41.0. The van der Waals surface area contributed by atoms with Crippen molar-refractivity contribution >= 4 is 28.3 Å². The molecule has 0 aliphatic carbocycles. The normalized spacial score (nSPS) is 11.5. The molecule has 31 heavy (non-hydrogen) atoms. The number of fused-ring (bicyclic) bond motifs is 1. The molecule has 2 N–H and O–H groups in total. The Hall–Kier alpha value is -3.83. The minimum atomic E-state index is -4.70. The van der Waals surface area contributed by atoms with Crippen LogP contribution in [0.4, 0.5) is 18.9 Å². The van der Waals surface area contributed by atoms with E-state index in [0.29, 0.717) is 16.1 Å². The van der Waals surface area contributed by atoms with Gasteiger partial charge in [-0.3, -0.25) is 9.36 Å². The molecule has 0 atom stereocenters. The first-order valence-corrected chi connectivity index (χ1v) is 9.27. The van der Waals surface area contributed by atoms with Gasteiger partial charge in [0.2, 0.25) is 0 Å². The Bertz CT molecular complexity index is 1400. The molecule has 2 aromatic carbocycles. The lowest BCUT2D eigenvalue weighted by molar-refractivity contribution is -0.141. The largest absolute Gasteiger partial charge is 0.433 e. The van der Waals surface area contributed by atoms with Crippen molar-refractivity contribution in [3.63, 3.8) is 0 Å². The molecule has 9 heteroatoms. The number of halogens is 4. The fourth-order valence-electron chi connectivity index (χ4n) is 3.26. The number of nitrogens with two attached hydrogens (primary N) is 1. The number of pyridine rings is 2. The highest BCUT2D eigenvalue weighted by Gasteiger charge is 2.33. The predicted molar refractivity (Wildman–Crippen MR) is 112 cm³/mol. The highest BCUT2D eigenvalue weighted by atomic mass is 35.5. The summed E-state index contributed by atoms with van der Waals surface area (Å²) in [7, 11) is 0. The summed E-state index contributed by atoms with van der Waals surface area (Å²) in [5.41, 5.74) is 5.39. The van der Waals surface area contributed by atoms with Crippen LogP contribution >= 0.6 is 11.6 Å². The van der Waals surface area contributed by atoms with Crippen molar-refractivity contribution in [3.05, 3.63) is 87.3 Å². The number of nitrogen functional groups attached to an aromatic ring is 1. The lowest BCUT2D eigenvalue weighted by atomic mass is 10.0. The molecule has 0 aliphatic rings. The fourth-order valence-corrected chi connectivity index (χ4v) is 3.39. The Morgan fingerprint density at radius 2 is 1.65 bits per heavy atom. The Labute approximate surface area is 178 Å². The molecule has 5 nitrogen and oxygen atoms in total. The summed E-state index contributed by atoms with van der Waals surface area (Å²) in [4.78, 5) is 17.2. The molecule has 2 aromatic heterocycles. The summed E-state index contributed by atoms with van der Waals surface area (Å²) in [6, 6.07) is 16.2. The summed E-state index contributed by atoms with van der Waals surface area (Å²) in [6.07, 6.45) is -4.70. The number of benzene rings is 2. The Balaban J connectivity index is 2.12. The van der Waals surface area contributed by atoms with Gasteiger partial charge >= 0.3 is 6.18 Å². The molecule has 0 radical (unpaired) electrons. The average Bonchev–Trinajstić information content (AvgIpc) is 2.74. The first-order chi connectivity index (χ1) is 14.7. The van der Waals surface area contributed by atoms with E-state index in [9.17, 15) is 18.0 Å². The molecule has 154 valence electrons. The second kappa shape index (κ2) is 7.45. The van der Waals surface area contributed by atoms with Gasteiger partial charge in [0, 0.05) is 10.4 Å². The molecule has 4 rings (SSSR count). The number of alkyl halides is 3. The van der Waals surface area contributed by atoms with Crippen molar-refractivity contribution in [2.24, 2.45) is 0 Å². The van der Waals surface area contributed by atoms with Crippen LogP contribution in [0.3, 0.4) is 0 Å². The van der Waals surface area contributed by atoms with Crippen LogP contribution in [0.25, 0.3) is 27.8 Å². The van der Waals surface area contributed by atoms with Crippen molar-refractivity contribution in [1.82, 2.24) is 9.55 Å². The predicted octanol–water partition coefficient (Wildman–Crippen LogP) is 5.18. The number of anilines is 1.